The summed E-state index contributed by atoms with van der Waals surface area (Å²) in [6.45, 7) is 1.21. The highest BCUT2D eigenvalue weighted by atomic mass is 16.5. The lowest BCUT2D eigenvalue weighted by Gasteiger charge is -2.26. The van der Waals surface area contributed by atoms with Crippen LogP contribution in [0.1, 0.15) is 17.4 Å². The van der Waals surface area contributed by atoms with Gasteiger partial charge in [-0.2, -0.15) is 5.10 Å². The zero-order chi connectivity index (χ0) is 19.8. The minimum absolute atomic E-state index is 0.123. The fraction of sp³-hybridized carbons (Fsp3) is 0.500. The normalized spacial score (nSPS) is 12.8. The molecular weight excluding hydrogens is 346 g/mol. The molecular formula is C18H29N7O2. The van der Waals surface area contributed by atoms with Gasteiger partial charge in [0.05, 0.1) is 26.8 Å². The molecule has 2 N–H and O–H groups in total. The molecule has 1 unspecified atom stereocenters. The Morgan fingerprint density at radius 3 is 2.52 bits per heavy atom. The van der Waals surface area contributed by atoms with Crippen LogP contribution in [0.25, 0.3) is 0 Å². The molecule has 1 atom stereocenters. The molecule has 1 heterocycles. The van der Waals surface area contributed by atoms with Crippen LogP contribution in [-0.4, -0.2) is 67.5 Å². The number of ether oxygens (including phenoxy) is 2. The number of hydrogen-bond acceptors (Lipinski definition) is 6. The maximum atomic E-state index is 5.43. The van der Waals surface area contributed by atoms with Crippen molar-refractivity contribution in [2.45, 2.75) is 12.6 Å². The molecule has 148 valence electrons. The lowest BCUT2D eigenvalue weighted by atomic mass is 10.1. The van der Waals surface area contributed by atoms with E-state index in [0.717, 1.165) is 11.4 Å². The van der Waals surface area contributed by atoms with Crippen LogP contribution in [0.5, 0.6) is 11.5 Å². The van der Waals surface area contributed by atoms with Crippen molar-refractivity contribution in [1.29, 1.82) is 0 Å². The third-order valence-electron chi connectivity index (χ3n) is 4.32. The molecule has 0 amide bonds. The van der Waals surface area contributed by atoms with Gasteiger partial charge in [-0.15, -0.1) is 0 Å². The van der Waals surface area contributed by atoms with Gasteiger partial charge in [-0.25, -0.2) is 4.98 Å². The van der Waals surface area contributed by atoms with E-state index in [9.17, 15) is 0 Å². The fourth-order valence-corrected chi connectivity index (χ4v) is 2.72. The zero-order valence-electron chi connectivity index (χ0n) is 16.9. The number of benzene rings is 1. The number of likely N-dealkylation sites (N-methyl/N-ethyl adjacent to an activating group) is 1. The van der Waals surface area contributed by atoms with Gasteiger partial charge in [0.15, 0.2) is 17.5 Å². The molecule has 2 aromatic rings. The Balaban J connectivity index is 2.04. The molecule has 0 aliphatic heterocycles. The van der Waals surface area contributed by atoms with E-state index >= 15 is 0 Å². The number of hydrogen-bond donors (Lipinski definition) is 2. The lowest BCUT2D eigenvalue weighted by molar-refractivity contribution is 0.295. The average Bonchev–Trinajstić information content (AvgIpc) is 3.08. The first-order chi connectivity index (χ1) is 13.0. The summed E-state index contributed by atoms with van der Waals surface area (Å²) in [5.41, 5.74) is 1.12. The number of methoxy groups -OCH3 is 2. The second-order valence-electron chi connectivity index (χ2n) is 6.20. The predicted molar refractivity (Wildman–Crippen MR) is 105 cm³/mol. The Bertz CT molecular complexity index is 758. The standard InChI is InChI=1S/C18H29N7O2/c1-19-18(21-11-17-22-12-23-25(17)4)20-10-14(24(2)3)13-7-8-15(26-5)16(9-13)27-6/h7-9,12,14H,10-11H2,1-6H3,(H2,19,20,21). The minimum Gasteiger partial charge on any atom is -0.493 e. The van der Waals surface area contributed by atoms with E-state index in [4.69, 9.17) is 9.47 Å². The molecule has 0 fully saturated rings. The second kappa shape index (κ2) is 9.77. The summed E-state index contributed by atoms with van der Waals surface area (Å²) in [5, 5.41) is 10.7. The van der Waals surface area contributed by atoms with Gasteiger partial charge < -0.3 is 25.0 Å². The maximum absolute atomic E-state index is 5.43. The third kappa shape index (κ3) is 5.33. The molecule has 0 saturated carbocycles. The first-order valence-electron chi connectivity index (χ1n) is 8.65. The number of aliphatic imine (C=N–C) groups is 1. The summed E-state index contributed by atoms with van der Waals surface area (Å²) in [6, 6.07) is 6.09. The van der Waals surface area contributed by atoms with Crippen molar-refractivity contribution < 1.29 is 9.47 Å². The first-order valence-corrected chi connectivity index (χ1v) is 8.65. The summed E-state index contributed by atoms with van der Waals surface area (Å²) in [7, 11) is 11.0. The molecule has 0 aliphatic carbocycles. The monoisotopic (exact) mass is 375 g/mol. The Morgan fingerprint density at radius 1 is 1.22 bits per heavy atom. The van der Waals surface area contributed by atoms with Crippen LogP contribution in [0.2, 0.25) is 0 Å². The van der Waals surface area contributed by atoms with Gasteiger partial charge in [0.2, 0.25) is 0 Å². The lowest BCUT2D eigenvalue weighted by Crippen LogP contribution is -2.41. The molecule has 0 aliphatic rings. The van der Waals surface area contributed by atoms with Crippen LogP contribution in [0.3, 0.4) is 0 Å². The number of rotatable bonds is 8. The number of guanidine groups is 1. The van der Waals surface area contributed by atoms with Gasteiger partial charge in [-0.1, -0.05) is 6.07 Å². The molecule has 2 rings (SSSR count). The molecule has 9 heteroatoms. The third-order valence-corrected chi connectivity index (χ3v) is 4.32. The largest absolute Gasteiger partial charge is 0.493 e. The Kier molecular flexibility index (Phi) is 7.42. The van der Waals surface area contributed by atoms with Crippen molar-refractivity contribution in [1.82, 2.24) is 30.3 Å². The van der Waals surface area contributed by atoms with Crippen LogP contribution in [-0.2, 0) is 13.6 Å². The van der Waals surface area contributed by atoms with Crippen molar-refractivity contribution >= 4 is 5.96 Å². The SMILES string of the molecule is CN=C(NCc1ncnn1C)NCC(c1ccc(OC)c(OC)c1)N(C)C. The highest BCUT2D eigenvalue weighted by Crippen LogP contribution is 2.31. The molecule has 1 aromatic carbocycles. The van der Waals surface area contributed by atoms with Gasteiger partial charge in [0.1, 0.15) is 12.2 Å². The maximum Gasteiger partial charge on any atom is 0.191 e. The summed E-state index contributed by atoms with van der Waals surface area (Å²) in [4.78, 5) is 10.6. The Morgan fingerprint density at radius 2 is 1.96 bits per heavy atom. The summed E-state index contributed by atoms with van der Waals surface area (Å²) < 4.78 is 12.5. The van der Waals surface area contributed by atoms with Crippen LogP contribution in [0, 0.1) is 0 Å². The van der Waals surface area contributed by atoms with Crippen LogP contribution in [0.4, 0.5) is 0 Å². The number of aryl methyl sites for hydroxylation is 1. The summed E-state index contributed by atoms with van der Waals surface area (Å²) in [5.74, 6) is 2.96. The van der Waals surface area contributed by atoms with Crippen molar-refractivity contribution in [3.8, 4) is 11.5 Å². The average molecular weight is 375 g/mol. The fourth-order valence-electron chi connectivity index (χ4n) is 2.72. The van der Waals surface area contributed by atoms with E-state index in [1.54, 1.807) is 25.9 Å². The van der Waals surface area contributed by atoms with Crippen molar-refractivity contribution in [3.05, 3.63) is 35.9 Å². The minimum atomic E-state index is 0.123. The molecule has 1 aromatic heterocycles. The van der Waals surface area contributed by atoms with Crippen LogP contribution < -0.4 is 20.1 Å². The number of nitrogens with one attached hydrogen (secondary N) is 2. The topological polar surface area (TPSA) is 88.8 Å². The number of nitrogens with zero attached hydrogens (tertiary/aromatic N) is 5. The quantitative estimate of drug-likeness (QED) is 0.521. The van der Waals surface area contributed by atoms with E-state index < -0.39 is 0 Å². The molecule has 27 heavy (non-hydrogen) atoms. The second-order valence-corrected chi connectivity index (χ2v) is 6.20. The highest BCUT2D eigenvalue weighted by molar-refractivity contribution is 5.79. The molecule has 9 nitrogen and oxygen atoms in total. The van der Waals surface area contributed by atoms with Gasteiger partial charge in [-0.05, 0) is 31.8 Å². The summed E-state index contributed by atoms with van der Waals surface area (Å²) >= 11 is 0. The van der Waals surface area contributed by atoms with Gasteiger partial charge in [-0.3, -0.25) is 9.67 Å². The molecule has 0 saturated heterocycles. The van der Waals surface area contributed by atoms with Gasteiger partial charge >= 0.3 is 0 Å². The molecule has 0 radical (unpaired) electrons. The van der Waals surface area contributed by atoms with E-state index in [0.29, 0.717) is 30.5 Å². The summed E-state index contributed by atoms with van der Waals surface area (Å²) in [6.07, 6.45) is 1.53. The molecule has 0 bridgehead atoms. The zero-order valence-corrected chi connectivity index (χ0v) is 16.9. The number of aromatic nitrogens is 3. The van der Waals surface area contributed by atoms with Crippen LogP contribution >= 0.6 is 0 Å². The Labute approximate surface area is 160 Å². The van der Waals surface area contributed by atoms with Crippen molar-refractivity contribution in [2.75, 3.05) is 41.9 Å². The van der Waals surface area contributed by atoms with E-state index in [2.05, 4.69) is 30.6 Å². The van der Waals surface area contributed by atoms with E-state index in [1.807, 2.05) is 39.3 Å². The predicted octanol–water partition coefficient (Wildman–Crippen LogP) is 0.800. The highest BCUT2D eigenvalue weighted by Gasteiger charge is 2.17. The van der Waals surface area contributed by atoms with E-state index in [-0.39, 0.29) is 6.04 Å². The molecule has 0 spiro atoms. The Hall–Kier alpha value is -2.81. The van der Waals surface area contributed by atoms with Crippen LogP contribution in [0.15, 0.2) is 29.5 Å². The smallest absolute Gasteiger partial charge is 0.191 e. The van der Waals surface area contributed by atoms with Gasteiger partial charge in [0.25, 0.3) is 0 Å². The first kappa shape index (κ1) is 20.5. The van der Waals surface area contributed by atoms with Crippen molar-refractivity contribution in [2.24, 2.45) is 12.0 Å². The van der Waals surface area contributed by atoms with Crippen molar-refractivity contribution in [3.63, 3.8) is 0 Å². The van der Waals surface area contributed by atoms with Gasteiger partial charge in [0, 0.05) is 20.6 Å². The van der Waals surface area contributed by atoms with E-state index in [1.165, 1.54) is 6.33 Å².